The maximum absolute atomic E-state index is 13.3. The van der Waals surface area contributed by atoms with Gasteiger partial charge in [0.2, 0.25) is 5.88 Å². The SMILES string of the molecule is N#Cc1cccc2c(OCC3CCOC3)nc(Cn3c(=O)n(C4CC4)c4ccncc43)nc12. The molecule has 0 radical (unpaired) electrons. The quantitative estimate of drug-likeness (QED) is 0.452. The van der Waals surface area contributed by atoms with Crippen molar-refractivity contribution in [2.45, 2.75) is 31.8 Å². The van der Waals surface area contributed by atoms with Gasteiger partial charge >= 0.3 is 5.69 Å². The number of fused-ring (bicyclic) bond motifs is 2. The highest BCUT2D eigenvalue weighted by atomic mass is 16.5. The van der Waals surface area contributed by atoms with Crippen LogP contribution in [0.1, 0.15) is 36.7 Å². The van der Waals surface area contributed by atoms with Gasteiger partial charge in [-0.05, 0) is 37.5 Å². The first-order valence-corrected chi connectivity index (χ1v) is 11.2. The summed E-state index contributed by atoms with van der Waals surface area (Å²) in [7, 11) is 0. The van der Waals surface area contributed by atoms with E-state index in [0.717, 1.165) is 36.9 Å². The molecule has 1 atom stereocenters. The fraction of sp³-hybridized carbons (Fsp3) is 0.375. The third kappa shape index (κ3) is 3.52. The van der Waals surface area contributed by atoms with E-state index in [-0.39, 0.29) is 18.3 Å². The third-order valence-corrected chi connectivity index (χ3v) is 6.31. The molecule has 6 rings (SSSR count). The molecule has 4 aromatic rings. The molecule has 0 amide bonds. The monoisotopic (exact) mass is 442 g/mol. The molecule has 1 aliphatic carbocycles. The summed E-state index contributed by atoms with van der Waals surface area (Å²) in [5.74, 6) is 1.16. The minimum atomic E-state index is -0.0941. The predicted molar refractivity (Wildman–Crippen MR) is 120 cm³/mol. The molecule has 0 N–H and O–H groups in total. The third-order valence-electron chi connectivity index (χ3n) is 6.31. The van der Waals surface area contributed by atoms with Gasteiger partial charge in [0.05, 0.1) is 53.5 Å². The van der Waals surface area contributed by atoms with Crippen molar-refractivity contribution in [3.63, 3.8) is 0 Å². The predicted octanol–water partition coefficient (Wildman–Crippen LogP) is 2.81. The van der Waals surface area contributed by atoms with Crippen LogP contribution in [-0.4, -0.2) is 43.9 Å². The summed E-state index contributed by atoms with van der Waals surface area (Å²) < 4.78 is 15.1. The Morgan fingerprint density at radius 1 is 1.18 bits per heavy atom. The molecule has 1 aliphatic heterocycles. The van der Waals surface area contributed by atoms with Crippen molar-refractivity contribution >= 4 is 21.9 Å². The summed E-state index contributed by atoms with van der Waals surface area (Å²) in [6.07, 6.45) is 6.36. The van der Waals surface area contributed by atoms with E-state index in [4.69, 9.17) is 9.47 Å². The van der Waals surface area contributed by atoms with Gasteiger partial charge in [0.25, 0.3) is 0 Å². The second-order valence-electron chi connectivity index (χ2n) is 8.63. The van der Waals surface area contributed by atoms with E-state index in [1.807, 2.05) is 16.7 Å². The Morgan fingerprint density at radius 3 is 2.88 bits per heavy atom. The summed E-state index contributed by atoms with van der Waals surface area (Å²) >= 11 is 0. The Labute approximate surface area is 189 Å². The second kappa shape index (κ2) is 7.98. The van der Waals surface area contributed by atoms with E-state index in [0.29, 0.717) is 47.3 Å². The van der Waals surface area contributed by atoms with Crippen LogP contribution in [0.2, 0.25) is 0 Å². The number of para-hydroxylation sites is 1. The number of hydrogen-bond acceptors (Lipinski definition) is 7. The number of nitrogens with zero attached hydrogens (tertiary/aromatic N) is 6. The molecule has 2 fully saturated rings. The molecular formula is C24H22N6O3. The Balaban J connectivity index is 1.44. The standard InChI is InChI=1S/C24H22N6O3/c25-10-16-2-1-3-18-22(16)27-21(28-23(18)33-14-15-7-9-32-13-15)12-29-20-11-26-8-6-19(20)30(24(29)31)17-4-5-17/h1-3,6,8,11,15,17H,4-5,7,9,12-14H2. The van der Waals surface area contributed by atoms with E-state index < -0.39 is 0 Å². The molecule has 9 nitrogen and oxygen atoms in total. The summed E-state index contributed by atoms with van der Waals surface area (Å²) in [4.78, 5) is 26.9. The lowest BCUT2D eigenvalue weighted by molar-refractivity contribution is 0.166. The zero-order chi connectivity index (χ0) is 22.4. The number of pyridine rings is 1. The van der Waals surface area contributed by atoms with Crippen molar-refractivity contribution in [3.05, 3.63) is 58.5 Å². The highest BCUT2D eigenvalue weighted by Gasteiger charge is 2.29. The fourth-order valence-electron chi connectivity index (χ4n) is 4.46. The van der Waals surface area contributed by atoms with Crippen molar-refractivity contribution in [1.82, 2.24) is 24.1 Å². The number of ether oxygens (including phenoxy) is 2. The highest BCUT2D eigenvalue weighted by Crippen LogP contribution is 2.36. The van der Waals surface area contributed by atoms with Crippen LogP contribution < -0.4 is 10.4 Å². The topological polar surface area (TPSA) is 108 Å². The first-order chi connectivity index (χ1) is 16.2. The summed E-state index contributed by atoms with van der Waals surface area (Å²) in [5.41, 5.74) is 2.49. The van der Waals surface area contributed by atoms with Crippen molar-refractivity contribution in [2.75, 3.05) is 19.8 Å². The summed E-state index contributed by atoms with van der Waals surface area (Å²) in [6, 6.07) is 9.70. The van der Waals surface area contributed by atoms with Gasteiger partial charge in [-0.25, -0.2) is 9.78 Å². The molecule has 1 saturated heterocycles. The minimum absolute atomic E-state index is 0.0941. The molecule has 4 heterocycles. The lowest BCUT2D eigenvalue weighted by atomic mass is 10.1. The molecule has 1 unspecified atom stereocenters. The van der Waals surface area contributed by atoms with Gasteiger partial charge in [0, 0.05) is 24.8 Å². The van der Waals surface area contributed by atoms with Crippen LogP contribution in [0.25, 0.3) is 21.9 Å². The number of aromatic nitrogens is 5. The fourth-order valence-corrected chi connectivity index (χ4v) is 4.46. The van der Waals surface area contributed by atoms with Gasteiger partial charge in [0.15, 0.2) is 5.82 Å². The normalized spacial score (nSPS) is 18.1. The molecule has 3 aromatic heterocycles. The maximum Gasteiger partial charge on any atom is 0.329 e. The first kappa shape index (κ1) is 19.9. The van der Waals surface area contributed by atoms with Gasteiger partial charge in [-0.1, -0.05) is 6.07 Å². The molecule has 9 heteroatoms. The van der Waals surface area contributed by atoms with Crippen LogP contribution in [0, 0.1) is 17.2 Å². The van der Waals surface area contributed by atoms with Crippen molar-refractivity contribution in [3.8, 4) is 11.9 Å². The number of benzene rings is 1. The molecule has 33 heavy (non-hydrogen) atoms. The molecule has 1 aromatic carbocycles. The average Bonchev–Trinajstić information content (AvgIpc) is 3.45. The lowest BCUT2D eigenvalue weighted by Crippen LogP contribution is -2.25. The van der Waals surface area contributed by atoms with Gasteiger partial charge in [-0.3, -0.25) is 14.1 Å². The van der Waals surface area contributed by atoms with Crippen molar-refractivity contribution < 1.29 is 9.47 Å². The van der Waals surface area contributed by atoms with Gasteiger partial charge in [-0.2, -0.15) is 10.2 Å². The Bertz CT molecular complexity index is 1460. The largest absolute Gasteiger partial charge is 0.477 e. The first-order valence-electron chi connectivity index (χ1n) is 11.2. The number of hydrogen-bond donors (Lipinski definition) is 0. The van der Waals surface area contributed by atoms with E-state index in [9.17, 15) is 10.1 Å². The molecule has 0 bridgehead atoms. The van der Waals surface area contributed by atoms with Crippen LogP contribution in [0.3, 0.4) is 0 Å². The molecule has 0 spiro atoms. The van der Waals surface area contributed by atoms with Crippen LogP contribution in [-0.2, 0) is 11.3 Å². The van der Waals surface area contributed by atoms with Gasteiger partial charge < -0.3 is 9.47 Å². The average molecular weight is 442 g/mol. The molecule has 2 aliphatic rings. The van der Waals surface area contributed by atoms with Crippen LogP contribution in [0.15, 0.2) is 41.5 Å². The van der Waals surface area contributed by atoms with Crippen LogP contribution >= 0.6 is 0 Å². The van der Waals surface area contributed by atoms with Crippen molar-refractivity contribution in [2.24, 2.45) is 5.92 Å². The minimum Gasteiger partial charge on any atom is -0.477 e. The van der Waals surface area contributed by atoms with Gasteiger partial charge in [-0.15, -0.1) is 0 Å². The maximum atomic E-state index is 13.3. The second-order valence-corrected chi connectivity index (χ2v) is 8.63. The summed E-state index contributed by atoms with van der Waals surface area (Å²) in [5, 5.41) is 10.3. The van der Waals surface area contributed by atoms with Crippen molar-refractivity contribution in [1.29, 1.82) is 5.26 Å². The molecule has 166 valence electrons. The summed E-state index contributed by atoms with van der Waals surface area (Å²) in [6.45, 7) is 2.05. The zero-order valence-electron chi connectivity index (χ0n) is 18.0. The van der Waals surface area contributed by atoms with E-state index >= 15 is 0 Å². The van der Waals surface area contributed by atoms with E-state index in [2.05, 4.69) is 21.0 Å². The molecular weight excluding hydrogens is 420 g/mol. The van der Waals surface area contributed by atoms with Gasteiger partial charge in [0.1, 0.15) is 6.07 Å². The number of nitriles is 1. The Kier molecular flexibility index (Phi) is 4.80. The van der Waals surface area contributed by atoms with Crippen LogP contribution in [0.4, 0.5) is 0 Å². The number of rotatable bonds is 6. The Morgan fingerprint density at radius 2 is 2.09 bits per heavy atom. The Hall–Kier alpha value is -3.77. The highest BCUT2D eigenvalue weighted by molar-refractivity contribution is 5.88. The van der Waals surface area contributed by atoms with E-state index in [1.54, 1.807) is 29.1 Å². The smallest absolute Gasteiger partial charge is 0.329 e. The lowest BCUT2D eigenvalue weighted by Gasteiger charge is -2.13. The number of imidazole rings is 1. The van der Waals surface area contributed by atoms with E-state index in [1.165, 1.54) is 0 Å². The zero-order valence-corrected chi connectivity index (χ0v) is 18.0. The van der Waals surface area contributed by atoms with Crippen LogP contribution in [0.5, 0.6) is 5.88 Å². The molecule has 1 saturated carbocycles.